The zero-order chi connectivity index (χ0) is 20.2. The van der Waals surface area contributed by atoms with Crippen molar-refractivity contribution in [1.82, 2.24) is 15.5 Å². The first-order valence-electron chi connectivity index (χ1n) is 10.1. The molecule has 0 bridgehead atoms. The number of hydrogen-bond acceptors (Lipinski definition) is 5. The van der Waals surface area contributed by atoms with Gasteiger partial charge in [-0.15, -0.1) is 11.8 Å². The van der Waals surface area contributed by atoms with E-state index >= 15 is 0 Å². The van der Waals surface area contributed by atoms with E-state index in [1.54, 1.807) is 11.8 Å². The molecule has 0 spiro atoms. The van der Waals surface area contributed by atoms with E-state index in [9.17, 15) is 9.18 Å². The summed E-state index contributed by atoms with van der Waals surface area (Å²) in [7, 11) is 0. The van der Waals surface area contributed by atoms with Crippen molar-refractivity contribution in [3.8, 4) is 0 Å². The molecule has 2 aliphatic rings. The Bertz CT molecular complexity index is 822. The molecule has 154 valence electrons. The summed E-state index contributed by atoms with van der Waals surface area (Å²) >= 11 is 1.79. The zero-order valence-electron chi connectivity index (χ0n) is 16.6. The van der Waals surface area contributed by atoms with Gasteiger partial charge in [-0.2, -0.15) is 0 Å². The molecule has 5 nitrogen and oxygen atoms in total. The smallest absolute Gasteiger partial charge is 0.223 e. The average Bonchev–Trinajstić information content (AvgIpc) is 2.74. The van der Waals surface area contributed by atoms with E-state index in [4.69, 9.17) is 0 Å². The van der Waals surface area contributed by atoms with E-state index < -0.39 is 0 Å². The van der Waals surface area contributed by atoms with Gasteiger partial charge in [-0.25, -0.2) is 4.39 Å². The standard InChI is InChI=1S/C22H27FN4OS/c1-16-2-8-20(9-3-16)29-15-18-14-21(28)25-22(24-18)27-12-10-26(11-13-27)19-6-4-17(23)5-7-19/h2-9,18,22,24H,10-15H2,1H3,(H,25,28). The monoisotopic (exact) mass is 414 g/mol. The van der Waals surface area contributed by atoms with Gasteiger partial charge in [0.1, 0.15) is 12.1 Å². The highest BCUT2D eigenvalue weighted by Gasteiger charge is 2.31. The lowest BCUT2D eigenvalue weighted by molar-refractivity contribution is -0.126. The number of carbonyl (C=O) groups is 1. The van der Waals surface area contributed by atoms with Crippen LogP contribution < -0.4 is 15.5 Å². The second kappa shape index (κ2) is 9.15. The topological polar surface area (TPSA) is 47.6 Å². The summed E-state index contributed by atoms with van der Waals surface area (Å²) in [6.07, 6.45) is 0.375. The number of halogens is 1. The summed E-state index contributed by atoms with van der Waals surface area (Å²) < 4.78 is 13.1. The molecule has 2 unspecified atom stereocenters. The molecular formula is C22H27FN4OS. The number of benzene rings is 2. The Morgan fingerprint density at radius 3 is 2.41 bits per heavy atom. The van der Waals surface area contributed by atoms with Gasteiger partial charge in [0.15, 0.2) is 0 Å². The second-order valence-electron chi connectivity index (χ2n) is 7.66. The van der Waals surface area contributed by atoms with Crippen LogP contribution in [0.3, 0.4) is 0 Å². The van der Waals surface area contributed by atoms with Crippen LogP contribution in [0.1, 0.15) is 12.0 Å². The number of anilines is 1. The maximum absolute atomic E-state index is 13.1. The number of carbonyl (C=O) groups excluding carboxylic acids is 1. The van der Waals surface area contributed by atoms with Crippen molar-refractivity contribution >= 4 is 23.4 Å². The van der Waals surface area contributed by atoms with E-state index in [1.165, 1.54) is 22.6 Å². The Morgan fingerprint density at radius 2 is 1.72 bits per heavy atom. The Kier molecular flexibility index (Phi) is 6.37. The van der Waals surface area contributed by atoms with Gasteiger partial charge in [-0.05, 0) is 43.3 Å². The van der Waals surface area contributed by atoms with Crippen LogP contribution in [-0.2, 0) is 4.79 Å². The van der Waals surface area contributed by atoms with E-state index in [0.29, 0.717) is 6.42 Å². The van der Waals surface area contributed by atoms with E-state index in [2.05, 4.69) is 51.6 Å². The van der Waals surface area contributed by atoms with E-state index in [1.807, 2.05) is 12.1 Å². The van der Waals surface area contributed by atoms with Gasteiger partial charge in [-0.1, -0.05) is 17.7 Å². The number of aryl methyl sites for hydroxylation is 1. The Balaban J connectivity index is 1.29. The summed E-state index contributed by atoms with van der Waals surface area (Å²) in [5, 5.41) is 6.68. The molecule has 2 saturated heterocycles. The lowest BCUT2D eigenvalue weighted by Crippen LogP contribution is -2.67. The minimum absolute atomic E-state index is 0.101. The largest absolute Gasteiger partial charge is 0.369 e. The molecule has 4 rings (SSSR count). The SMILES string of the molecule is Cc1ccc(SCC2CC(=O)NC(N3CCN(c4ccc(F)cc4)CC3)N2)cc1. The lowest BCUT2D eigenvalue weighted by Gasteiger charge is -2.43. The summed E-state index contributed by atoms with van der Waals surface area (Å²) in [6.45, 7) is 5.47. The third-order valence-corrected chi connectivity index (χ3v) is 6.64. The first-order chi connectivity index (χ1) is 14.1. The molecule has 0 radical (unpaired) electrons. The van der Waals surface area contributed by atoms with Crippen molar-refractivity contribution in [3.63, 3.8) is 0 Å². The van der Waals surface area contributed by atoms with Gasteiger partial charge >= 0.3 is 0 Å². The molecule has 2 fully saturated rings. The van der Waals surface area contributed by atoms with Crippen LogP contribution in [0, 0.1) is 12.7 Å². The molecule has 0 aromatic heterocycles. The minimum atomic E-state index is -0.212. The highest BCUT2D eigenvalue weighted by Crippen LogP contribution is 2.22. The average molecular weight is 415 g/mol. The van der Waals surface area contributed by atoms with Crippen LogP contribution in [0.25, 0.3) is 0 Å². The molecule has 2 aromatic rings. The zero-order valence-corrected chi connectivity index (χ0v) is 17.4. The number of nitrogens with zero attached hydrogens (tertiary/aromatic N) is 2. The number of nitrogens with one attached hydrogen (secondary N) is 2. The van der Waals surface area contributed by atoms with Crippen molar-refractivity contribution in [2.45, 2.75) is 30.6 Å². The number of thioether (sulfide) groups is 1. The van der Waals surface area contributed by atoms with E-state index in [0.717, 1.165) is 37.6 Å². The van der Waals surface area contributed by atoms with Crippen molar-refractivity contribution in [2.75, 3.05) is 36.8 Å². The van der Waals surface area contributed by atoms with Crippen LogP contribution in [0.15, 0.2) is 53.4 Å². The van der Waals surface area contributed by atoms with Crippen molar-refractivity contribution in [1.29, 1.82) is 0 Å². The molecule has 2 atom stereocenters. The lowest BCUT2D eigenvalue weighted by atomic mass is 10.1. The molecule has 2 heterocycles. The van der Waals surface area contributed by atoms with Gasteiger partial charge < -0.3 is 10.2 Å². The summed E-state index contributed by atoms with van der Waals surface area (Å²) in [6, 6.07) is 15.3. The third kappa shape index (κ3) is 5.29. The van der Waals surface area contributed by atoms with Crippen LogP contribution in [0.5, 0.6) is 0 Å². The van der Waals surface area contributed by atoms with Crippen molar-refractivity contribution in [2.24, 2.45) is 0 Å². The first kappa shape index (κ1) is 20.2. The maximum atomic E-state index is 13.1. The Labute approximate surface area is 175 Å². The Morgan fingerprint density at radius 1 is 1.03 bits per heavy atom. The maximum Gasteiger partial charge on any atom is 0.223 e. The van der Waals surface area contributed by atoms with E-state index in [-0.39, 0.29) is 24.1 Å². The molecule has 7 heteroatoms. The third-order valence-electron chi connectivity index (χ3n) is 5.47. The van der Waals surface area contributed by atoms with Gasteiger partial charge in [0.25, 0.3) is 0 Å². The van der Waals surface area contributed by atoms with Gasteiger partial charge in [0.2, 0.25) is 5.91 Å². The van der Waals surface area contributed by atoms with Crippen LogP contribution >= 0.6 is 11.8 Å². The first-order valence-corrected chi connectivity index (χ1v) is 11.0. The number of hydrogen-bond donors (Lipinski definition) is 2. The van der Waals surface area contributed by atoms with Crippen molar-refractivity contribution in [3.05, 3.63) is 59.9 Å². The van der Waals surface area contributed by atoms with Crippen molar-refractivity contribution < 1.29 is 9.18 Å². The molecule has 1 amide bonds. The van der Waals surface area contributed by atoms with Crippen LogP contribution in [0.4, 0.5) is 10.1 Å². The molecule has 0 aliphatic carbocycles. The van der Waals surface area contributed by atoms with Crippen LogP contribution in [0.2, 0.25) is 0 Å². The quantitative estimate of drug-likeness (QED) is 0.737. The molecule has 29 heavy (non-hydrogen) atoms. The molecule has 2 N–H and O–H groups in total. The minimum Gasteiger partial charge on any atom is -0.369 e. The van der Waals surface area contributed by atoms with Gasteiger partial charge in [0.05, 0.1) is 0 Å². The summed E-state index contributed by atoms with van der Waals surface area (Å²) in [5.41, 5.74) is 2.29. The number of piperazine rings is 1. The predicted octanol–water partition coefficient (Wildman–Crippen LogP) is 2.81. The second-order valence-corrected chi connectivity index (χ2v) is 8.75. The predicted molar refractivity (Wildman–Crippen MR) is 116 cm³/mol. The van der Waals surface area contributed by atoms with Gasteiger partial charge in [0, 0.05) is 55.0 Å². The van der Waals surface area contributed by atoms with Gasteiger partial charge in [-0.3, -0.25) is 15.0 Å². The molecule has 0 saturated carbocycles. The highest BCUT2D eigenvalue weighted by atomic mass is 32.2. The normalized spacial score (nSPS) is 23.1. The van der Waals surface area contributed by atoms with Crippen LogP contribution in [-0.4, -0.2) is 55.1 Å². The molecular weight excluding hydrogens is 387 g/mol. The summed E-state index contributed by atoms with van der Waals surface area (Å²) in [4.78, 5) is 18.0. The summed E-state index contributed by atoms with van der Waals surface area (Å²) in [5.74, 6) is 0.753. The number of rotatable bonds is 5. The fraction of sp³-hybridized carbons (Fsp3) is 0.409. The Hall–Kier alpha value is -2.09. The molecule has 2 aromatic carbocycles. The number of amides is 1. The molecule has 2 aliphatic heterocycles. The highest BCUT2D eigenvalue weighted by molar-refractivity contribution is 7.99. The fourth-order valence-corrected chi connectivity index (χ4v) is 4.72. The fourth-order valence-electron chi connectivity index (χ4n) is 3.78.